The zero-order chi connectivity index (χ0) is 12.1. The molecular weight excluding hydrogens is 232 g/mol. The number of hydrogen-bond donors (Lipinski definition) is 0. The van der Waals surface area contributed by atoms with E-state index in [1.54, 1.807) is 0 Å². The summed E-state index contributed by atoms with van der Waals surface area (Å²) in [6, 6.07) is 0. The van der Waals surface area contributed by atoms with Gasteiger partial charge in [0.15, 0.2) is 8.32 Å². The molecule has 0 saturated carbocycles. The van der Waals surface area contributed by atoms with Crippen LogP contribution in [-0.2, 0) is 14.0 Å². The Morgan fingerprint density at radius 1 is 1.27 bits per heavy atom. The molecule has 0 fully saturated rings. The van der Waals surface area contributed by atoms with E-state index in [-0.39, 0.29) is 11.6 Å². The molecule has 15 heavy (non-hydrogen) atoms. The van der Waals surface area contributed by atoms with Gasteiger partial charge in [0.1, 0.15) is 6.61 Å². The van der Waals surface area contributed by atoms with E-state index in [4.69, 9.17) is 20.8 Å². The Bertz CT molecular complexity index is 211. The molecule has 0 aromatic rings. The molecule has 90 valence electrons. The van der Waals surface area contributed by atoms with Crippen LogP contribution in [0.15, 0.2) is 0 Å². The summed E-state index contributed by atoms with van der Waals surface area (Å²) < 4.78 is 10.9. The van der Waals surface area contributed by atoms with Crippen molar-refractivity contribution >= 4 is 25.2 Å². The molecule has 5 heteroatoms. The van der Waals surface area contributed by atoms with Crippen LogP contribution in [-0.4, -0.2) is 33.4 Å². The quantitative estimate of drug-likeness (QED) is 0.414. The Hall–Kier alpha value is 0.0969. The lowest BCUT2D eigenvalue weighted by Gasteiger charge is -2.36. The Morgan fingerprint density at radius 3 is 2.20 bits per heavy atom. The summed E-state index contributed by atoms with van der Waals surface area (Å²) in [4.78, 5) is 10.4. The Morgan fingerprint density at radius 2 is 1.80 bits per heavy atom. The van der Waals surface area contributed by atoms with Crippen molar-refractivity contribution in [1.29, 1.82) is 0 Å². The van der Waals surface area contributed by atoms with Crippen LogP contribution >= 0.6 is 11.6 Å². The first kappa shape index (κ1) is 15.1. The van der Waals surface area contributed by atoms with E-state index < -0.39 is 13.6 Å². The molecule has 3 nitrogen and oxygen atoms in total. The number of carbonyl (C=O) groups is 1. The lowest BCUT2D eigenvalue weighted by Crippen LogP contribution is -2.41. The molecule has 0 atom stereocenters. The predicted molar refractivity (Wildman–Crippen MR) is 64.8 cm³/mol. The van der Waals surface area contributed by atoms with Gasteiger partial charge < -0.3 is 9.16 Å². The molecule has 0 amide bonds. The van der Waals surface area contributed by atoms with Gasteiger partial charge >= 0.3 is 0 Å². The van der Waals surface area contributed by atoms with Crippen molar-refractivity contribution in [1.82, 2.24) is 0 Å². The van der Waals surface area contributed by atoms with E-state index in [0.29, 0.717) is 13.2 Å². The summed E-state index contributed by atoms with van der Waals surface area (Å²) in [6.07, 6.45) is 0. The van der Waals surface area contributed by atoms with Crippen LogP contribution in [0.1, 0.15) is 20.8 Å². The lowest BCUT2D eigenvalue weighted by molar-refractivity contribution is -0.116. The third-order valence-electron chi connectivity index (χ3n) is 2.71. The minimum absolute atomic E-state index is 0.0393. The zero-order valence-corrected chi connectivity index (χ0v) is 12.0. The molecular formula is C10H21ClO3Si. The first-order valence-corrected chi connectivity index (χ1v) is 8.35. The highest BCUT2D eigenvalue weighted by Crippen LogP contribution is 2.36. The molecule has 0 spiro atoms. The molecule has 0 aliphatic carbocycles. The van der Waals surface area contributed by atoms with Crippen molar-refractivity contribution in [2.75, 3.05) is 19.8 Å². The fourth-order valence-electron chi connectivity index (χ4n) is 0.725. The molecule has 0 saturated heterocycles. The highest BCUT2D eigenvalue weighted by atomic mass is 35.5. The summed E-state index contributed by atoms with van der Waals surface area (Å²) in [6.45, 7) is 11.8. The minimum Gasteiger partial charge on any atom is -0.414 e. The first-order chi connectivity index (χ1) is 6.67. The topological polar surface area (TPSA) is 35.5 Å². The van der Waals surface area contributed by atoms with Crippen molar-refractivity contribution in [3.63, 3.8) is 0 Å². The second-order valence-corrected chi connectivity index (χ2v) is 10.2. The number of rotatable bonds is 6. The van der Waals surface area contributed by atoms with Crippen molar-refractivity contribution < 1.29 is 14.0 Å². The number of hydrogen-bond acceptors (Lipinski definition) is 3. The fraction of sp³-hybridized carbons (Fsp3) is 0.900. The standard InChI is InChI=1S/C10H21ClO3Si/c1-10(2,3)15(4,5)14-7-6-13-8-9(11)12/h6-8H2,1-5H3. The van der Waals surface area contributed by atoms with Gasteiger partial charge in [0.2, 0.25) is 5.24 Å². The smallest absolute Gasteiger partial charge is 0.247 e. The zero-order valence-electron chi connectivity index (χ0n) is 10.2. The molecule has 0 aromatic carbocycles. The largest absolute Gasteiger partial charge is 0.414 e. The van der Waals surface area contributed by atoms with Gasteiger partial charge in [0, 0.05) is 0 Å². The molecule has 0 aliphatic heterocycles. The Balaban J connectivity index is 3.72. The highest BCUT2D eigenvalue weighted by molar-refractivity contribution is 6.74. The van der Waals surface area contributed by atoms with Crippen molar-refractivity contribution in [2.24, 2.45) is 0 Å². The second kappa shape index (κ2) is 5.99. The average molecular weight is 253 g/mol. The SMILES string of the molecule is CC(C)(C)[Si](C)(C)OCCOCC(=O)Cl. The van der Waals surface area contributed by atoms with Crippen molar-refractivity contribution in [3.05, 3.63) is 0 Å². The molecule has 0 rings (SSSR count). The summed E-state index contributed by atoms with van der Waals surface area (Å²) in [7, 11) is -1.68. The first-order valence-electron chi connectivity index (χ1n) is 5.07. The van der Waals surface area contributed by atoms with E-state index >= 15 is 0 Å². The van der Waals surface area contributed by atoms with E-state index in [1.807, 2.05) is 0 Å². The van der Waals surface area contributed by atoms with E-state index in [1.165, 1.54) is 0 Å². The number of halogens is 1. The van der Waals surface area contributed by atoms with Gasteiger partial charge in [-0.2, -0.15) is 0 Å². The van der Waals surface area contributed by atoms with Crippen LogP contribution in [0.5, 0.6) is 0 Å². The Labute approximate surface area is 98.2 Å². The summed E-state index contributed by atoms with van der Waals surface area (Å²) >= 11 is 5.12. The molecule has 0 aliphatic rings. The van der Waals surface area contributed by atoms with E-state index in [0.717, 1.165) is 0 Å². The third kappa shape index (κ3) is 6.30. The molecule has 0 heterocycles. The minimum atomic E-state index is -1.68. The molecule has 0 bridgehead atoms. The third-order valence-corrected chi connectivity index (χ3v) is 7.36. The van der Waals surface area contributed by atoms with Crippen LogP contribution in [0.25, 0.3) is 0 Å². The van der Waals surface area contributed by atoms with Crippen molar-refractivity contribution in [2.45, 2.75) is 38.9 Å². The van der Waals surface area contributed by atoms with Crippen LogP contribution in [0.4, 0.5) is 0 Å². The average Bonchev–Trinajstić information content (AvgIpc) is 2.00. The van der Waals surface area contributed by atoms with Crippen LogP contribution in [0.2, 0.25) is 18.1 Å². The summed E-state index contributed by atoms with van der Waals surface area (Å²) in [5.74, 6) is 0. The van der Waals surface area contributed by atoms with Gasteiger partial charge in [-0.25, -0.2) is 0 Å². The van der Waals surface area contributed by atoms with Gasteiger partial charge in [-0.1, -0.05) is 20.8 Å². The van der Waals surface area contributed by atoms with Crippen LogP contribution in [0.3, 0.4) is 0 Å². The monoisotopic (exact) mass is 252 g/mol. The molecule has 0 N–H and O–H groups in total. The normalized spacial score (nSPS) is 12.9. The van der Waals surface area contributed by atoms with E-state index in [9.17, 15) is 4.79 Å². The van der Waals surface area contributed by atoms with Gasteiger partial charge in [-0.3, -0.25) is 4.79 Å². The lowest BCUT2D eigenvalue weighted by atomic mass is 10.2. The van der Waals surface area contributed by atoms with Gasteiger partial charge in [0.05, 0.1) is 13.2 Å². The highest BCUT2D eigenvalue weighted by Gasteiger charge is 2.36. The van der Waals surface area contributed by atoms with E-state index in [2.05, 4.69) is 33.9 Å². The van der Waals surface area contributed by atoms with Gasteiger partial charge in [-0.05, 0) is 29.7 Å². The van der Waals surface area contributed by atoms with Gasteiger partial charge in [-0.15, -0.1) is 0 Å². The maximum atomic E-state index is 10.4. The number of carbonyl (C=O) groups excluding carboxylic acids is 1. The molecule has 0 unspecified atom stereocenters. The molecule has 0 radical (unpaired) electrons. The number of ether oxygens (including phenoxy) is 1. The van der Waals surface area contributed by atoms with Crippen LogP contribution in [0, 0.1) is 0 Å². The summed E-state index contributed by atoms with van der Waals surface area (Å²) in [5.41, 5.74) is 0. The second-order valence-electron chi connectivity index (χ2n) is 5.02. The predicted octanol–water partition coefficient (Wildman–Crippen LogP) is 2.79. The molecule has 0 aromatic heterocycles. The van der Waals surface area contributed by atoms with Crippen molar-refractivity contribution in [3.8, 4) is 0 Å². The summed E-state index contributed by atoms with van der Waals surface area (Å²) in [5, 5.41) is -0.266. The maximum Gasteiger partial charge on any atom is 0.247 e. The fourth-order valence-corrected chi connectivity index (χ4v) is 1.83. The van der Waals surface area contributed by atoms with Crippen LogP contribution < -0.4 is 0 Å². The maximum absolute atomic E-state index is 10.4. The van der Waals surface area contributed by atoms with Gasteiger partial charge in [0.25, 0.3) is 0 Å². The Kier molecular flexibility index (Phi) is 6.03.